The van der Waals surface area contributed by atoms with Gasteiger partial charge in [0.05, 0.1) is 10.6 Å². The second kappa shape index (κ2) is 6.40. The first-order chi connectivity index (χ1) is 9.06. The summed E-state index contributed by atoms with van der Waals surface area (Å²) in [7, 11) is 0. The van der Waals surface area contributed by atoms with E-state index in [1.807, 2.05) is 0 Å². The molecule has 3 nitrogen and oxygen atoms in total. The summed E-state index contributed by atoms with van der Waals surface area (Å²) >= 11 is 11.8. The lowest BCUT2D eigenvalue weighted by Gasteiger charge is -2.19. The highest BCUT2D eigenvalue weighted by Crippen LogP contribution is 2.22. The maximum atomic E-state index is 12.0. The minimum absolute atomic E-state index is 0.299. The highest BCUT2D eigenvalue weighted by Gasteiger charge is 2.15. The Kier molecular flexibility index (Phi) is 4.83. The molecule has 1 aliphatic rings. The molecule has 102 valence electrons. The number of carbonyl (C=O) groups excluding carboxylic acids is 1. The minimum Gasteiger partial charge on any atom is -0.267 e. The van der Waals surface area contributed by atoms with Gasteiger partial charge in [-0.2, -0.15) is 5.10 Å². The summed E-state index contributed by atoms with van der Waals surface area (Å²) < 4.78 is 0. The van der Waals surface area contributed by atoms with Gasteiger partial charge in [0.2, 0.25) is 0 Å². The van der Waals surface area contributed by atoms with Crippen molar-refractivity contribution in [3.63, 3.8) is 0 Å². The van der Waals surface area contributed by atoms with E-state index < -0.39 is 0 Å². The van der Waals surface area contributed by atoms with E-state index in [1.165, 1.54) is 6.42 Å². The van der Waals surface area contributed by atoms with Crippen molar-refractivity contribution in [1.82, 2.24) is 5.43 Å². The van der Waals surface area contributed by atoms with Crippen LogP contribution in [0.25, 0.3) is 0 Å². The average molecular weight is 299 g/mol. The van der Waals surface area contributed by atoms with Gasteiger partial charge in [0.15, 0.2) is 0 Å². The number of rotatable bonds is 2. The van der Waals surface area contributed by atoms with Crippen LogP contribution >= 0.6 is 23.2 Å². The van der Waals surface area contributed by atoms with Crippen LogP contribution in [0.1, 0.15) is 43.0 Å². The molecule has 1 atom stereocenters. The van der Waals surface area contributed by atoms with Crippen LogP contribution in [0.3, 0.4) is 0 Å². The van der Waals surface area contributed by atoms with Crippen molar-refractivity contribution in [2.75, 3.05) is 0 Å². The predicted molar refractivity (Wildman–Crippen MR) is 79.0 cm³/mol. The molecule has 0 radical (unpaired) electrons. The van der Waals surface area contributed by atoms with Gasteiger partial charge < -0.3 is 0 Å². The van der Waals surface area contributed by atoms with Gasteiger partial charge in [0, 0.05) is 10.7 Å². The molecule has 1 fully saturated rings. The van der Waals surface area contributed by atoms with Crippen LogP contribution in [-0.2, 0) is 0 Å². The first kappa shape index (κ1) is 14.4. The van der Waals surface area contributed by atoms with Crippen LogP contribution in [0.15, 0.2) is 23.3 Å². The van der Waals surface area contributed by atoms with Crippen molar-refractivity contribution < 1.29 is 4.79 Å². The minimum atomic E-state index is -0.299. The number of carbonyl (C=O) groups is 1. The number of amides is 1. The second-order valence-electron chi connectivity index (χ2n) is 4.94. The van der Waals surface area contributed by atoms with Crippen molar-refractivity contribution in [3.8, 4) is 0 Å². The van der Waals surface area contributed by atoms with E-state index in [2.05, 4.69) is 17.5 Å². The monoisotopic (exact) mass is 298 g/mol. The Morgan fingerprint density at radius 2 is 2.21 bits per heavy atom. The molecular formula is C14H16Cl2N2O. The van der Waals surface area contributed by atoms with Gasteiger partial charge in [-0.1, -0.05) is 30.1 Å². The lowest BCUT2D eigenvalue weighted by Crippen LogP contribution is -2.22. The highest BCUT2D eigenvalue weighted by molar-refractivity contribution is 6.36. The molecule has 0 unspecified atom stereocenters. The van der Waals surface area contributed by atoms with Crippen LogP contribution in [0, 0.1) is 5.92 Å². The molecule has 0 heterocycles. The molecular weight excluding hydrogens is 283 g/mol. The molecule has 0 saturated heterocycles. The molecule has 0 bridgehead atoms. The topological polar surface area (TPSA) is 41.5 Å². The number of hydrogen-bond donors (Lipinski definition) is 1. The SMILES string of the molecule is C[C@@H]1CCC/C(=N\NC(=O)c2ccc(Cl)cc2Cl)C1. The second-order valence-corrected chi connectivity index (χ2v) is 5.79. The molecule has 5 heteroatoms. The molecule has 1 N–H and O–H groups in total. The van der Waals surface area contributed by atoms with Crippen LogP contribution in [-0.4, -0.2) is 11.6 Å². The fourth-order valence-electron chi connectivity index (χ4n) is 2.23. The van der Waals surface area contributed by atoms with Gasteiger partial charge in [0.1, 0.15) is 0 Å². The molecule has 1 aliphatic carbocycles. The molecule has 0 aliphatic heterocycles. The zero-order valence-corrected chi connectivity index (χ0v) is 12.3. The molecule has 1 aromatic carbocycles. The first-order valence-corrected chi connectivity index (χ1v) is 7.12. The van der Waals surface area contributed by atoms with Gasteiger partial charge >= 0.3 is 0 Å². The van der Waals surface area contributed by atoms with Crippen molar-refractivity contribution >= 4 is 34.8 Å². The van der Waals surface area contributed by atoms with E-state index in [-0.39, 0.29) is 5.91 Å². The summed E-state index contributed by atoms with van der Waals surface area (Å²) in [6, 6.07) is 4.79. The molecule has 0 spiro atoms. The number of halogens is 2. The first-order valence-electron chi connectivity index (χ1n) is 6.37. The molecule has 19 heavy (non-hydrogen) atoms. The van der Waals surface area contributed by atoms with Crippen LogP contribution in [0.5, 0.6) is 0 Å². The van der Waals surface area contributed by atoms with E-state index >= 15 is 0 Å². The Labute approximate surface area is 123 Å². The van der Waals surface area contributed by atoms with Crippen LogP contribution in [0.2, 0.25) is 10.0 Å². The van der Waals surface area contributed by atoms with Gasteiger partial charge in [-0.25, -0.2) is 5.43 Å². The van der Waals surface area contributed by atoms with Crippen molar-refractivity contribution in [2.45, 2.75) is 32.6 Å². The zero-order valence-electron chi connectivity index (χ0n) is 10.7. The van der Waals surface area contributed by atoms with Crippen LogP contribution in [0.4, 0.5) is 0 Å². The average Bonchev–Trinajstić information content (AvgIpc) is 2.36. The normalized spacial score (nSPS) is 21.4. The largest absolute Gasteiger partial charge is 0.272 e. The lowest BCUT2D eigenvalue weighted by atomic mass is 9.89. The summed E-state index contributed by atoms with van der Waals surface area (Å²) in [5.74, 6) is 0.343. The Hall–Kier alpha value is -1.06. The highest BCUT2D eigenvalue weighted by atomic mass is 35.5. The fraction of sp³-hybridized carbons (Fsp3) is 0.429. The smallest absolute Gasteiger partial charge is 0.267 e. The number of hydrazone groups is 1. The van der Waals surface area contributed by atoms with Crippen LogP contribution < -0.4 is 5.43 Å². The maximum Gasteiger partial charge on any atom is 0.272 e. The summed E-state index contributed by atoms with van der Waals surface area (Å²) in [6.45, 7) is 2.20. The molecule has 1 amide bonds. The molecule has 2 rings (SSSR count). The van der Waals surface area contributed by atoms with Gasteiger partial charge in [-0.05, 0) is 49.8 Å². The molecule has 1 saturated carbocycles. The summed E-state index contributed by atoms with van der Waals surface area (Å²) in [6.07, 6.45) is 4.28. The Morgan fingerprint density at radius 1 is 1.42 bits per heavy atom. The third-order valence-corrected chi connectivity index (χ3v) is 3.79. The van der Waals surface area contributed by atoms with E-state index in [0.717, 1.165) is 25.0 Å². The summed E-state index contributed by atoms with van der Waals surface area (Å²) in [5.41, 5.74) is 4.01. The van der Waals surface area contributed by atoms with E-state index in [9.17, 15) is 4.79 Å². The number of benzene rings is 1. The predicted octanol–water partition coefficient (Wildman–Crippen LogP) is 4.29. The molecule has 0 aromatic heterocycles. The lowest BCUT2D eigenvalue weighted by molar-refractivity contribution is 0.0954. The Morgan fingerprint density at radius 3 is 2.89 bits per heavy atom. The van der Waals surface area contributed by atoms with Gasteiger partial charge in [-0.15, -0.1) is 0 Å². The fourth-order valence-corrected chi connectivity index (χ4v) is 2.72. The Bertz CT molecular complexity index is 514. The number of nitrogens with zero attached hydrogens (tertiary/aromatic N) is 1. The third kappa shape index (κ3) is 3.95. The Balaban J connectivity index is 2.03. The van der Waals surface area contributed by atoms with E-state index in [4.69, 9.17) is 23.2 Å². The van der Waals surface area contributed by atoms with Crippen molar-refractivity contribution in [2.24, 2.45) is 11.0 Å². The van der Waals surface area contributed by atoms with Gasteiger partial charge in [-0.3, -0.25) is 4.79 Å². The number of hydrogen-bond acceptors (Lipinski definition) is 2. The quantitative estimate of drug-likeness (QED) is 0.813. The van der Waals surface area contributed by atoms with E-state index in [1.54, 1.807) is 18.2 Å². The molecule has 1 aromatic rings. The van der Waals surface area contributed by atoms with Crippen molar-refractivity contribution in [1.29, 1.82) is 0 Å². The number of nitrogens with one attached hydrogen (secondary N) is 1. The summed E-state index contributed by atoms with van der Waals surface area (Å²) in [5, 5.41) is 5.04. The van der Waals surface area contributed by atoms with E-state index in [0.29, 0.717) is 21.5 Å². The maximum absolute atomic E-state index is 12.0. The van der Waals surface area contributed by atoms with Gasteiger partial charge in [0.25, 0.3) is 5.91 Å². The third-order valence-electron chi connectivity index (χ3n) is 3.24. The van der Waals surface area contributed by atoms with Crippen molar-refractivity contribution in [3.05, 3.63) is 33.8 Å². The standard InChI is InChI=1S/C14H16Cl2N2O/c1-9-3-2-4-11(7-9)17-18-14(19)12-6-5-10(15)8-13(12)16/h5-6,8-9H,2-4,7H2,1H3,(H,18,19)/b17-11+/t9-/m1/s1. The summed E-state index contributed by atoms with van der Waals surface area (Å²) in [4.78, 5) is 12.0. The zero-order chi connectivity index (χ0) is 13.8.